The molecular weight excluding hydrogens is 282 g/mol. The number of H-pyrrole nitrogens is 1. The first-order valence-electron chi connectivity index (χ1n) is 5.09. The summed E-state index contributed by atoms with van der Waals surface area (Å²) in [5.74, 6) is -1.01. The Morgan fingerprint density at radius 2 is 1.84 bits per heavy atom. The first-order chi connectivity index (χ1) is 8.85. The lowest BCUT2D eigenvalue weighted by Gasteiger charge is -2.10. The number of rotatable bonds is 2. The van der Waals surface area contributed by atoms with Crippen LogP contribution in [0.5, 0.6) is 5.75 Å². The van der Waals surface area contributed by atoms with Crippen LogP contribution >= 0.6 is 12.2 Å². The van der Waals surface area contributed by atoms with Gasteiger partial charge in [-0.3, -0.25) is 0 Å². The highest BCUT2D eigenvalue weighted by molar-refractivity contribution is 7.71. The average Bonchev–Trinajstić information content (AvgIpc) is 2.31. The van der Waals surface area contributed by atoms with Crippen molar-refractivity contribution >= 4 is 12.2 Å². The van der Waals surface area contributed by atoms with Gasteiger partial charge >= 0.3 is 6.36 Å². The van der Waals surface area contributed by atoms with Gasteiger partial charge in [0.15, 0.2) is 5.82 Å². The molecule has 0 bridgehead atoms. The van der Waals surface area contributed by atoms with E-state index in [9.17, 15) is 17.6 Å². The minimum atomic E-state index is -4.76. The fraction of sp³-hybridized carbons (Fsp3) is 0.0833. The first-order valence-corrected chi connectivity index (χ1v) is 5.50. The standard InChI is InChI=1S/C12H7F4NOS/c13-10-5-8(6-17-11(10)19)7-2-1-3-9(4-7)18-12(14,15)16/h1-6H,(H,17,19). The fourth-order valence-corrected chi connectivity index (χ4v) is 1.61. The molecule has 0 aliphatic heterocycles. The third-order valence-corrected chi connectivity index (χ3v) is 2.57. The molecule has 0 unspecified atom stereocenters. The molecule has 0 saturated heterocycles. The van der Waals surface area contributed by atoms with E-state index in [0.717, 1.165) is 6.07 Å². The fourth-order valence-electron chi connectivity index (χ4n) is 1.50. The molecule has 0 fully saturated rings. The maximum Gasteiger partial charge on any atom is 0.573 e. The number of aromatic nitrogens is 1. The van der Waals surface area contributed by atoms with Crippen LogP contribution in [0.1, 0.15) is 0 Å². The monoisotopic (exact) mass is 289 g/mol. The highest BCUT2D eigenvalue weighted by Crippen LogP contribution is 2.27. The SMILES string of the molecule is Fc1cc(-c2cccc(OC(F)(F)F)c2)c[nH]c1=S. The van der Waals surface area contributed by atoms with Gasteiger partial charge in [-0.05, 0) is 23.8 Å². The number of halogens is 4. The predicted molar refractivity (Wildman–Crippen MR) is 63.7 cm³/mol. The normalized spacial score (nSPS) is 11.4. The van der Waals surface area contributed by atoms with E-state index in [1.807, 2.05) is 0 Å². The minimum absolute atomic E-state index is 0.0635. The van der Waals surface area contributed by atoms with Crippen LogP contribution < -0.4 is 4.74 Å². The Morgan fingerprint density at radius 1 is 1.11 bits per heavy atom. The molecular formula is C12H7F4NOS. The van der Waals surface area contributed by atoms with Crippen LogP contribution in [0, 0.1) is 10.5 Å². The summed E-state index contributed by atoms with van der Waals surface area (Å²) >= 11 is 4.66. The largest absolute Gasteiger partial charge is 0.573 e. The average molecular weight is 289 g/mol. The van der Waals surface area contributed by atoms with Crippen LogP contribution in [-0.4, -0.2) is 11.3 Å². The molecule has 7 heteroatoms. The van der Waals surface area contributed by atoms with Crippen molar-refractivity contribution < 1.29 is 22.3 Å². The van der Waals surface area contributed by atoms with Crippen molar-refractivity contribution in [2.45, 2.75) is 6.36 Å². The molecule has 0 radical (unpaired) electrons. The Balaban J connectivity index is 2.37. The molecule has 0 saturated carbocycles. The molecule has 0 amide bonds. The third kappa shape index (κ3) is 3.54. The van der Waals surface area contributed by atoms with Crippen LogP contribution in [0.4, 0.5) is 17.6 Å². The van der Waals surface area contributed by atoms with Crippen LogP contribution in [0.3, 0.4) is 0 Å². The molecule has 1 aromatic heterocycles. The van der Waals surface area contributed by atoms with Crippen molar-refractivity contribution in [1.82, 2.24) is 4.98 Å². The summed E-state index contributed by atoms with van der Waals surface area (Å²) in [5.41, 5.74) is 0.755. The molecule has 0 aliphatic carbocycles. The van der Waals surface area contributed by atoms with Crippen LogP contribution in [0.25, 0.3) is 11.1 Å². The molecule has 2 rings (SSSR count). The van der Waals surface area contributed by atoms with Crippen molar-refractivity contribution in [1.29, 1.82) is 0 Å². The second kappa shape index (κ2) is 5.00. The Morgan fingerprint density at radius 3 is 2.47 bits per heavy atom. The van der Waals surface area contributed by atoms with E-state index in [0.29, 0.717) is 11.1 Å². The molecule has 2 nitrogen and oxygen atoms in total. The Labute approximate surface area is 110 Å². The highest BCUT2D eigenvalue weighted by atomic mass is 32.1. The van der Waals surface area contributed by atoms with Crippen LogP contribution in [-0.2, 0) is 0 Å². The summed E-state index contributed by atoms with van der Waals surface area (Å²) in [6.07, 6.45) is -3.35. The highest BCUT2D eigenvalue weighted by Gasteiger charge is 2.31. The Bertz CT molecular complexity index is 651. The topological polar surface area (TPSA) is 25.0 Å². The number of aromatic amines is 1. The smallest absolute Gasteiger partial charge is 0.406 e. The summed E-state index contributed by atoms with van der Waals surface area (Å²) < 4.78 is 53.3. The lowest BCUT2D eigenvalue weighted by Crippen LogP contribution is -2.17. The quantitative estimate of drug-likeness (QED) is 0.652. The predicted octanol–water partition coefficient (Wildman–Crippen LogP) is 4.45. The zero-order valence-corrected chi connectivity index (χ0v) is 10.1. The third-order valence-electron chi connectivity index (χ3n) is 2.26. The minimum Gasteiger partial charge on any atom is -0.406 e. The summed E-state index contributed by atoms with van der Waals surface area (Å²) in [4.78, 5) is 2.51. The van der Waals surface area contributed by atoms with Crippen molar-refractivity contribution in [3.05, 3.63) is 47.0 Å². The van der Waals surface area contributed by atoms with Gasteiger partial charge in [0.1, 0.15) is 10.4 Å². The summed E-state index contributed by atoms with van der Waals surface area (Å²) in [5, 5.41) is 0. The molecule has 0 spiro atoms. The van der Waals surface area contributed by atoms with Crippen LogP contribution in [0.15, 0.2) is 36.5 Å². The van der Waals surface area contributed by atoms with Crippen molar-refractivity contribution in [2.75, 3.05) is 0 Å². The van der Waals surface area contributed by atoms with E-state index in [4.69, 9.17) is 0 Å². The van der Waals surface area contributed by atoms with E-state index in [-0.39, 0.29) is 10.4 Å². The number of pyridine rings is 1. The number of alkyl halides is 3. The molecule has 19 heavy (non-hydrogen) atoms. The van der Waals surface area contributed by atoms with Gasteiger partial charge < -0.3 is 9.72 Å². The van der Waals surface area contributed by atoms with E-state index >= 15 is 0 Å². The van der Waals surface area contributed by atoms with Crippen molar-refractivity contribution in [2.24, 2.45) is 0 Å². The lowest BCUT2D eigenvalue weighted by atomic mass is 10.1. The van der Waals surface area contributed by atoms with Crippen LogP contribution in [0.2, 0.25) is 0 Å². The molecule has 0 aliphatic rings. The first kappa shape index (κ1) is 13.5. The summed E-state index contributed by atoms with van der Waals surface area (Å²) in [6.45, 7) is 0. The maximum absolute atomic E-state index is 13.3. The molecule has 100 valence electrons. The number of ether oxygens (including phenoxy) is 1. The van der Waals surface area contributed by atoms with Gasteiger partial charge in [-0.25, -0.2) is 4.39 Å². The van der Waals surface area contributed by atoms with Gasteiger partial charge in [-0.2, -0.15) is 0 Å². The zero-order valence-electron chi connectivity index (χ0n) is 9.29. The van der Waals surface area contributed by atoms with Crippen molar-refractivity contribution in [3.63, 3.8) is 0 Å². The zero-order chi connectivity index (χ0) is 14.0. The summed E-state index contributed by atoms with van der Waals surface area (Å²) in [6, 6.07) is 6.40. The van der Waals surface area contributed by atoms with Gasteiger partial charge in [0.05, 0.1) is 0 Å². The van der Waals surface area contributed by atoms with Gasteiger partial charge in [0.2, 0.25) is 0 Å². The Kier molecular flexibility index (Phi) is 3.57. The van der Waals surface area contributed by atoms with E-state index in [1.165, 1.54) is 30.5 Å². The van der Waals surface area contributed by atoms with Gasteiger partial charge in [-0.1, -0.05) is 24.4 Å². The number of hydrogen-bond donors (Lipinski definition) is 1. The summed E-state index contributed by atoms with van der Waals surface area (Å²) in [7, 11) is 0. The number of hydrogen-bond acceptors (Lipinski definition) is 2. The Hall–Kier alpha value is -1.89. The number of benzene rings is 1. The second-order valence-corrected chi connectivity index (χ2v) is 4.05. The van der Waals surface area contributed by atoms with Gasteiger partial charge in [0.25, 0.3) is 0 Å². The molecule has 1 N–H and O–H groups in total. The number of nitrogens with one attached hydrogen (secondary N) is 1. The molecule has 2 aromatic rings. The molecule has 0 atom stereocenters. The maximum atomic E-state index is 13.3. The van der Waals surface area contributed by atoms with Gasteiger partial charge in [0, 0.05) is 11.8 Å². The van der Waals surface area contributed by atoms with Crippen molar-refractivity contribution in [3.8, 4) is 16.9 Å². The van der Waals surface area contributed by atoms with Gasteiger partial charge in [-0.15, -0.1) is 13.2 Å². The van der Waals surface area contributed by atoms with E-state index in [2.05, 4.69) is 21.9 Å². The van der Waals surface area contributed by atoms with E-state index in [1.54, 1.807) is 0 Å². The van der Waals surface area contributed by atoms with E-state index < -0.39 is 12.2 Å². The molecule has 1 aromatic carbocycles. The lowest BCUT2D eigenvalue weighted by molar-refractivity contribution is -0.274. The molecule has 1 heterocycles. The second-order valence-electron chi connectivity index (χ2n) is 3.64.